The molecule has 0 spiro atoms. The quantitative estimate of drug-likeness (QED) is 0.570. The minimum Gasteiger partial charge on any atom is -0.371 e. The lowest BCUT2D eigenvalue weighted by Gasteiger charge is -2.33. The van der Waals surface area contributed by atoms with E-state index in [0.29, 0.717) is 44.6 Å². The molecule has 0 saturated carbocycles. The van der Waals surface area contributed by atoms with Crippen LogP contribution in [0.3, 0.4) is 0 Å². The van der Waals surface area contributed by atoms with Crippen LogP contribution in [0.25, 0.3) is 0 Å². The van der Waals surface area contributed by atoms with Crippen LogP contribution in [0.1, 0.15) is 31.2 Å². The van der Waals surface area contributed by atoms with Crippen molar-refractivity contribution in [3.8, 4) is 0 Å². The first-order valence-electron chi connectivity index (χ1n) is 11.5. The molecule has 1 aromatic carbocycles. The second kappa shape index (κ2) is 10.1. The SMILES string of the molecule is NS(=O)(=O)C1CCN(c2ccc(S(=O)(=O)N3CCC(Nc4ccc(C(F)(F)F)cn4)CC3)cc2)CC1. The van der Waals surface area contributed by atoms with Crippen LogP contribution in [0.4, 0.5) is 24.7 Å². The minimum atomic E-state index is -4.45. The Morgan fingerprint density at radius 1 is 0.889 bits per heavy atom. The lowest BCUT2D eigenvalue weighted by Crippen LogP contribution is -2.42. The molecular weight excluding hydrogens is 519 g/mol. The van der Waals surface area contributed by atoms with Crippen LogP contribution in [0.2, 0.25) is 0 Å². The number of nitrogens with zero attached hydrogens (tertiary/aromatic N) is 3. The number of piperidine rings is 2. The first-order chi connectivity index (χ1) is 16.8. The molecule has 3 heterocycles. The smallest absolute Gasteiger partial charge is 0.371 e. The number of aromatic nitrogens is 1. The third kappa shape index (κ3) is 6.10. The van der Waals surface area contributed by atoms with Crippen LogP contribution in [0.5, 0.6) is 0 Å². The molecule has 198 valence electrons. The number of anilines is 2. The monoisotopic (exact) mass is 547 g/mol. The molecule has 2 fully saturated rings. The summed E-state index contributed by atoms with van der Waals surface area (Å²) < 4.78 is 88.8. The Balaban J connectivity index is 1.32. The van der Waals surface area contributed by atoms with Crippen LogP contribution in [-0.2, 0) is 26.2 Å². The molecule has 0 bridgehead atoms. The van der Waals surface area contributed by atoms with Crippen LogP contribution >= 0.6 is 0 Å². The summed E-state index contributed by atoms with van der Waals surface area (Å²) in [6.07, 6.45) is -1.87. The molecule has 4 rings (SSSR count). The number of sulfonamides is 2. The van der Waals surface area contributed by atoms with E-state index in [-0.39, 0.29) is 24.0 Å². The molecule has 0 atom stereocenters. The standard InChI is InChI=1S/C22H28F3N5O4S2/c23-22(24,25)16-1-6-21(27-15-16)28-17-7-13-30(14-8-17)36(33,34)20-4-2-18(3-5-20)29-11-9-19(10-12-29)35(26,31)32/h1-6,15,17,19H,7-14H2,(H,27,28)(H2,26,31,32). The van der Waals surface area contributed by atoms with Crippen molar-refractivity contribution >= 4 is 31.6 Å². The van der Waals surface area contributed by atoms with Gasteiger partial charge in [0.05, 0.1) is 15.7 Å². The molecule has 2 aliphatic rings. The van der Waals surface area contributed by atoms with Gasteiger partial charge < -0.3 is 10.2 Å². The second-order valence-electron chi connectivity index (χ2n) is 9.02. The van der Waals surface area contributed by atoms with Gasteiger partial charge in [0.1, 0.15) is 5.82 Å². The summed E-state index contributed by atoms with van der Waals surface area (Å²) in [6, 6.07) is 8.65. The number of nitrogens with one attached hydrogen (secondary N) is 1. The number of alkyl halides is 3. The lowest BCUT2D eigenvalue weighted by molar-refractivity contribution is -0.137. The van der Waals surface area contributed by atoms with Gasteiger partial charge in [-0.15, -0.1) is 0 Å². The molecule has 0 radical (unpaired) electrons. The van der Waals surface area contributed by atoms with Gasteiger partial charge in [-0.2, -0.15) is 17.5 Å². The molecular formula is C22H28F3N5O4S2. The van der Waals surface area contributed by atoms with E-state index < -0.39 is 37.0 Å². The highest BCUT2D eigenvalue weighted by Gasteiger charge is 2.32. The number of hydrogen-bond acceptors (Lipinski definition) is 7. The molecule has 0 aliphatic carbocycles. The van der Waals surface area contributed by atoms with Crippen molar-refractivity contribution in [2.45, 2.75) is 48.0 Å². The zero-order chi connectivity index (χ0) is 26.1. The number of rotatable bonds is 6. The Labute approximate surface area is 208 Å². The predicted octanol–water partition coefficient (Wildman–Crippen LogP) is 2.62. The number of halogens is 3. The van der Waals surface area contributed by atoms with E-state index in [4.69, 9.17) is 5.14 Å². The summed E-state index contributed by atoms with van der Waals surface area (Å²) >= 11 is 0. The van der Waals surface area contributed by atoms with E-state index in [1.807, 2.05) is 4.90 Å². The average Bonchev–Trinajstić information content (AvgIpc) is 2.84. The summed E-state index contributed by atoms with van der Waals surface area (Å²) in [5.41, 5.74) is -0.0123. The molecule has 14 heteroatoms. The van der Waals surface area contributed by atoms with E-state index in [2.05, 4.69) is 10.3 Å². The van der Waals surface area contributed by atoms with Gasteiger partial charge in [-0.1, -0.05) is 0 Å². The maximum absolute atomic E-state index is 13.1. The Bertz CT molecular complexity index is 1250. The highest BCUT2D eigenvalue weighted by atomic mass is 32.2. The summed E-state index contributed by atoms with van der Waals surface area (Å²) in [5, 5.41) is 7.76. The van der Waals surface area contributed by atoms with Crippen molar-refractivity contribution in [2.75, 3.05) is 36.4 Å². The summed E-state index contributed by atoms with van der Waals surface area (Å²) in [5.74, 6) is 0.313. The van der Waals surface area contributed by atoms with Gasteiger partial charge in [0.25, 0.3) is 0 Å². The fraction of sp³-hybridized carbons (Fsp3) is 0.500. The van der Waals surface area contributed by atoms with Gasteiger partial charge in [-0.3, -0.25) is 0 Å². The van der Waals surface area contributed by atoms with Crippen molar-refractivity contribution in [1.29, 1.82) is 0 Å². The maximum atomic E-state index is 13.1. The topological polar surface area (TPSA) is 126 Å². The summed E-state index contributed by atoms with van der Waals surface area (Å²) in [6.45, 7) is 1.57. The van der Waals surface area contributed by atoms with E-state index >= 15 is 0 Å². The molecule has 9 nitrogen and oxygen atoms in total. The Morgan fingerprint density at radius 2 is 1.50 bits per heavy atom. The molecule has 1 aromatic heterocycles. The first-order valence-corrected chi connectivity index (χ1v) is 14.6. The number of hydrogen-bond donors (Lipinski definition) is 2. The number of pyridine rings is 1. The molecule has 3 N–H and O–H groups in total. The zero-order valence-corrected chi connectivity index (χ0v) is 21.0. The van der Waals surface area contributed by atoms with Gasteiger partial charge >= 0.3 is 6.18 Å². The molecule has 2 saturated heterocycles. The third-order valence-corrected chi connectivity index (χ3v) is 9.96. The van der Waals surface area contributed by atoms with Crippen molar-refractivity contribution in [2.24, 2.45) is 5.14 Å². The van der Waals surface area contributed by atoms with E-state index in [9.17, 15) is 30.0 Å². The van der Waals surface area contributed by atoms with E-state index in [1.165, 1.54) is 10.4 Å². The fourth-order valence-corrected chi connectivity index (χ4v) is 6.85. The average molecular weight is 548 g/mol. The molecule has 2 aromatic rings. The van der Waals surface area contributed by atoms with Crippen molar-refractivity contribution in [1.82, 2.24) is 9.29 Å². The lowest BCUT2D eigenvalue weighted by atomic mass is 10.1. The van der Waals surface area contributed by atoms with Gasteiger partial charge in [-0.25, -0.2) is 27.0 Å². The number of primary sulfonamides is 1. The Morgan fingerprint density at radius 3 is 2.00 bits per heavy atom. The van der Waals surface area contributed by atoms with Crippen molar-refractivity contribution < 1.29 is 30.0 Å². The molecule has 2 aliphatic heterocycles. The fourth-order valence-electron chi connectivity index (χ4n) is 4.52. The molecule has 0 amide bonds. The van der Waals surface area contributed by atoms with Crippen LogP contribution in [0.15, 0.2) is 47.5 Å². The van der Waals surface area contributed by atoms with E-state index in [1.54, 1.807) is 24.3 Å². The van der Waals surface area contributed by atoms with Gasteiger partial charge in [-0.05, 0) is 62.1 Å². The summed E-state index contributed by atoms with van der Waals surface area (Å²) in [7, 11) is -7.26. The molecule has 36 heavy (non-hydrogen) atoms. The maximum Gasteiger partial charge on any atom is 0.417 e. The normalized spacial score (nSPS) is 19.4. The van der Waals surface area contributed by atoms with Gasteiger partial charge in [0.2, 0.25) is 20.0 Å². The van der Waals surface area contributed by atoms with Crippen molar-refractivity contribution in [3.63, 3.8) is 0 Å². The number of nitrogens with two attached hydrogens (primary N) is 1. The Kier molecular flexibility index (Phi) is 7.51. The third-order valence-electron chi connectivity index (χ3n) is 6.64. The van der Waals surface area contributed by atoms with E-state index in [0.717, 1.165) is 18.0 Å². The minimum absolute atomic E-state index is 0.108. The predicted molar refractivity (Wildman–Crippen MR) is 129 cm³/mol. The van der Waals surface area contributed by atoms with Crippen LogP contribution in [-0.4, -0.2) is 63.6 Å². The summed E-state index contributed by atoms with van der Waals surface area (Å²) in [4.78, 5) is 5.99. The Hall–Kier alpha value is -2.42. The highest BCUT2D eigenvalue weighted by Crippen LogP contribution is 2.30. The van der Waals surface area contributed by atoms with Crippen molar-refractivity contribution in [3.05, 3.63) is 48.2 Å². The van der Waals surface area contributed by atoms with Gasteiger partial charge in [0.15, 0.2) is 0 Å². The zero-order valence-electron chi connectivity index (χ0n) is 19.4. The first kappa shape index (κ1) is 26.6. The molecule has 0 unspecified atom stereocenters. The second-order valence-corrected chi connectivity index (χ2v) is 12.8. The van der Waals surface area contributed by atoms with Crippen LogP contribution in [0, 0.1) is 0 Å². The van der Waals surface area contributed by atoms with Crippen LogP contribution < -0.4 is 15.4 Å². The number of benzene rings is 1. The van der Waals surface area contributed by atoms with Gasteiger partial charge in [0, 0.05) is 44.1 Å². The largest absolute Gasteiger partial charge is 0.417 e. The highest BCUT2D eigenvalue weighted by molar-refractivity contribution is 7.89.